The molecule has 238 valence electrons. The normalized spacial score (nSPS) is 18.3. The Morgan fingerprint density at radius 1 is 0.930 bits per heavy atom. The standard InChI is InChI=1S/C33H50N4O6/c1-19(2)26-29(41-13)34-22(28(35-26)40-12)17-21-18-37(31(39)43-33(8,9)10)24-16-14-15-23(25(21)24)36(11)27(20(3)4)30(38)42-32(5,6)7/h14-16,18-20,22,26-27H,17H2,1-13H3/t22-,26+,27-/m0/s1. The highest BCUT2D eigenvalue weighted by Crippen LogP contribution is 2.35. The summed E-state index contributed by atoms with van der Waals surface area (Å²) in [6.45, 7) is 19.2. The Morgan fingerprint density at radius 3 is 2.05 bits per heavy atom. The van der Waals surface area contributed by atoms with Crippen molar-refractivity contribution in [1.82, 2.24) is 4.57 Å². The van der Waals surface area contributed by atoms with Gasteiger partial charge >= 0.3 is 12.1 Å². The average Bonchev–Trinajstić information content (AvgIpc) is 3.24. The van der Waals surface area contributed by atoms with E-state index in [1.54, 1.807) is 20.4 Å². The summed E-state index contributed by atoms with van der Waals surface area (Å²) in [5.74, 6) is 0.834. The molecule has 0 fully saturated rings. The highest BCUT2D eigenvalue weighted by molar-refractivity contribution is 6.02. The van der Waals surface area contributed by atoms with Gasteiger partial charge in [-0.25, -0.2) is 19.6 Å². The van der Waals surface area contributed by atoms with Crippen LogP contribution in [0, 0.1) is 11.8 Å². The second-order valence-electron chi connectivity index (χ2n) is 13.8. The number of hydrogen-bond acceptors (Lipinski definition) is 9. The Kier molecular flexibility index (Phi) is 10.2. The first-order chi connectivity index (χ1) is 19.9. The van der Waals surface area contributed by atoms with E-state index in [-0.39, 0.29) is 23.8 Å². The number of esters is 1. The van der Waals surface area contributed by atoms with E-state index in [0.29, 0.717) is 23.7 Å². The van der Waals surface area contributed by atoms with Crippen molar-refractivity contribution >= 4 is 40.4 Å². The van der Waals surface area contributed by atoms with Gasteiger partial charge < -0.3 is 23.8 Å². The van der Waals surface area contributed by atoms with Crippen LogP contribution in [0.4, 0.5) is 10.5 Å². The summed E-state index contributed by atoms with van der Waals surface area (Å²) in [5, 5.41) is 0.806. The number of methoxy groups -OCH3 is 2. The van der Waals surface area contributed by atoms with Crippen molar-refractivity contribution in [2.75, 3.05) is 26.2 Å². The Balaban J connectivity index is 2.22. The molecule has 3 atom stereocenters. The lowest BCUT2D eigenvalue weighted by molar-refractivity contribution is -0.157. The van der Waals surface area contributed by atoms with Gasteiger partial charge in [0.05, 0.1) is 19.7 Å². The molecule has 1 aliphatic rings. The molecule has 2 heterocycles. The number of carbonyl (C=O) groups is 2. The third-order valence-electron chi connectivity index (χ3n) is 7.10. The average molecular weight is 599 g/mol. The van der Waals surface area contributed by atoms with Crippen LogP contribution in [0.3, 0.4) is 0 Å². The molecule has 1 aromatic heterocycles. The summed E-state index contributed by atoms with van der Waals surface area (Å²) in [6, 6.07) is 4.42. The molecule has 0 spiro atoms. The van der Waals surface area contributed by atoms with Crippen LogP contribution in [0.1, 0.15) is 74.8 Å². The fourth-order valence-corrected chi connectivity index (χ4v) is 5.35. The number of carbonyl (C=O) groups excluding carboxylic acids is 2. The quantitative estimate of drug-likeness (QED) is 0.346. The Hall–Kier alpha value is -3.56. The molecule has 0 saturated heterocycles. The van der Waals surface area contributed by atoms with Crippen LogP contribution in [0.5, 0.6) is 0 Å². The van der Waals surface area contributed by atoms with Gasteiger partial charge in [0.2, 0.25) is 11.8 Å². The van der Waals surface area contributed by atoms with Gasteiger partial charge in [-0.3, -0.25) is 4.57 Å². The van der Waals surface area contributed by atoms with E-state index in [1.807, 2.05) is 85.5 Å². The van der Waals surface area contributed by atoms with Crippen molar-refractivity contribution in [3.8, 4) is 0 Å². The molecule has 2 aromatic rings. The number of rotatable bonds is 7. The lowest BCUT2D eigenvalue weighted by Crippen LogP contribution is -2.46. The predicted octanol–water partition coefficient (Wildman–Crippen LogP) is 6.27. The first-order valence-electron chi connectivity index (χ1n) is 14.9. The molecule has 0 amide bonds. The first kappa shape index (κ1) is 33.9. The van der Waals surface area contributed by atoms with Crippen LogP contribution in [0.2, 0.25) is 0 Å². The summed E-state index contributed by atoms with van der Waals surface area (Å²) >= 11 is 0. The fraction of sp³-hybridized carbons (Fsp3) is 0.636. The number of aliphatic imine (C=N–C) groups is 2. The van der Waals surface area contributed by atoms with Crippen molar-refractivity contribution in [2.24, 2.45) is 21.8 Å². The van der Waals surface area contributed by atoms with Gasteiger partial charge in [-0.1, -0.05) is 33.8 Å². The zero-order valence-electron chi connectivity index (χ0n) is 28.1. The van der Waals surface area contributed by atoms with Crippen molar-refractivity contribution in [3.63, 3.8) is 0 Å². The summed E-state index contributed by atoms with van der Waals surface area (Å²) < 4.78 is 24.5. The van der Waals surface area contributed by atoms with E-state index in [1.165, 1.54) is 4.57 Å². The van der Waals surface area contributed by atoms with E-state index in [2.05, 4.69) is 13.8 Å². The van der Waals surface area contributed by atoms with Crippen LogP contribution < -0.4 is 4.90 Å². The number of likely N-dealkylation sites (N-methyl/N-ethyl adjacent to an activating group) is 1. The molecule has 0 bridgehead atoms. The smallest absolute Gasteiger partial charge is 0.419 e. The number of nitrogens with zero attached hydrogens (tertiary/aromatic N) is 4. The zero-order chi connectivity index (χ0) is 32.4. The number of anilines is 1. The summed E-state index contributed by atoms with van der Waals surface area (Å²) in [5.41, 5.74) is 0.936. The minimum absolute atomic E-state index is 0.0566. The van der Waals surface area contributed by atoms with Gasteiger partial charge in [-0.15, -0.1) is 0 Å². The van der Waals surface area contributed by atoms with E-state index >= 15 is 0 Å². The number of fused-ring (bicyclic) bond motifs is 1. The lowest BCUT2D eigenvalue weighted by atomic mass is 9.98. The third kappa shape index (κ3) is 7.89. The van der Waals surface area contributed by atoms with Gasteiger partial charge in [0.1, 0.15) is 29.3 Å². The molecule has 0 aliphatic carbocycles. The molecule has 1 aromatic carbocycles. The molecule has 43 heavy (non-hydrogen) atoms. The topological polar surface area (TPSA) is 104 Å². The van der Waals surface area contributed by atoms with Crippen LogP contribution in [-0.2, 0) is 30.2 Å². The summed E-state index contributed by atoms with van der Waals surface area (Å²) in [6.07, 6.45) is 1.67. The molecule has 0 saturated carbocycles. The van der Waals surface area contributed by atoms with Crippen molar-refractivity contribution in [2.45, 2.75) is 105 Å². The van der Waals surface area contributed by atoms with Gasteiger partial charge in [0.15, 0.2) is 0 Å². The molecular weight excluding hydrogens is 548 g/mol. The van der Waals surface area contributed by atoms with E-state index in [9.17, 15) is 9.59 Å². The van der Waals surface area contributed by atoms with E-state index in [0.717, 1.165) is 16.6 Å². The largest absolute Gasteiger partial charge is 0.483 e. The molecule has 0 radical (unpaired) electrons. The lowest BCUT2D eigenvalue weighted by Gasteiger charge is -2.34. The SMILES string of the molecule is COC1=N[C@H](C(C)C)C(OC)=N[C@H]1Cc1cn(C(=O)OC(C)(C)C)c2cccc(N(C)[C@H](C(=O)OC(C)(C)C)C(C)C)c12. The number of benzene rings is 1. The maximum absolute atomic E-state index is 13.5. The Bertz CT molecular complexity index is 1380. The number of ether oxygens (including phenoxy) is 4. The van der Waals surface area contributed by atoms with Crippen molar-refractivity contribution in [3.05, 3.63) is 30.0 Å². The van der Waals surface area contributed by atoms with Gasteiger partial charge in [-0.05, 0) is 71.1 Å². The molecule has 10 nitrogen and oxygen atoms in total. The maximum Gasteiger partial charge on any atom is 0.419 e. The predicted molar refractivity (Wildman–Crippen MR) is 171 cm³/mol. The summed E-state index contributed by atoms with van der Waals surface area (Å²) in [4.78, 5) is 38.6. The highest BCUT2D eigenvalue weighted by Gasteiger charge is 2.35. The van der Waals surface area contributed by atoms with Crippen LogP contribution in [-0.4, -0.2) is 79.0 Å². The highest BCUT2D eigenvalue weighted by atomic mass is 16.6. The maximum atomic E-state index is 13.5. The minimum atomic E-state index is -0.690. The van der Waals surface area contributed by atoms with Crippen molar-refractivity contribution in [1.29, 1.82) is 0 Å². The number of aromatic nitrogens is 1. The number of hydrogen-bond donors (Lipinski definition) is 0. The third-order valence-corrected chi connectivity index (χ3v) is 7.10. The second-order valence-corrected chi connectivity index (χ2v) is 13.8. The summed E-state index contributed by atoms with van der Waals surface area (Å²) in [7, 11) is 5.07. The van der Waals surface area contributed by atoms with E-state index in [4.69, 9.17) is 28.9 Å². The van der Waals surface area contributed by atoms with Crippen molar-refractivity contribution < 1.29 is 28.5 Å². The zero-order valence-corrected chi connectivity index (χ0v) is 28.1. The monoisotopic (exact) mass is 598 g/mol. The second kappa shape index (κ2) is 13.0. The van der Waals surface area contributed by atoms with Gasteiger partial charge in [0.25, 0.3) is 0 Å². The molecule has 1 aliphatic heterocycles. The minimum Gasteiger partial charge on any atom is -0.483 e. The van der Waals surface area contributed by atoms with Gasteiger partial charge in [0, 0.05) is 30.7 Å². The van der Waals surface area contributed by atoms with E-state index < -0.39 is 29.4 Å². The van der Waals surface area contributed by atoms with Crippen LogP contribution in [0.15, 0.2) is 34.4 Å². The van der Waals surface area contributed by atoms with Crippen LogP contribution >= 0.6 is 0 Å². The molecule has 0 unspecified atom stereocenters. The Labute approximate surface area is 256 Å². The Morgan fingerprint density at radius 2 is 1.53 bits per heavy atom. The van der Waals surface area contributed by atoms with Crippen LogP contribution in [0.25, 0.3) is 10.9 Å². The molecule has 10 heteroatoms. The molecule has 0 N–H and O–H groups in total. The fourth-order valence-electron chi connectivity index (χ4n) is 5.35. The molecular formula is C33H50N4O6. The van der Waals surface area contributed by atoms with Gasteiger partial charge in [-0.2, -0.15) is 0 Å². The molecule has 3 rings (SSSR count). The first-order valence-corrected chi connectivity index (χ1v) is 14.9.